The second-order valence-corrected chi connectivity index (χ2v) is 13.1. The van der Waals surface area contributed by atoms with Gasteiger partial charge in [0.25, 0.3) is 0 Å². The van der Waals surface area contributed by atoms with E-state index in [1.165, 1.54) is 12.7 Å². The molecule has 3 rings (SSSR count). The van der Waals surface area contributed by atoms with E-state index >= 15 is 0 Å². The molecule has 0 bridgehead atoms. The number of rotatable bonds is 10. The zero-order valence-electron chi connectivity index (χ0n) is 22.6. The van der Waals surface area contributed by atoms with Gasteiger partial charge in [0.2, 0.25) is 5.88 Å². The molecular formula is C29H37FNO5P. The Bertz CT molecular complexity index is 1270. The van der Waals surface area contributed by atoms with Gasteiger partial charge in [0.15, 0.2) is 7.37 Å². The maximum Gasteiger partial charge on any atom is 0.213 e. The van der Waals surface area contributed by atoms with Gasteiger partial charge in [-0.1, -0.05) is 39.8 Å². The van der Waals surface area contributed by atoms with Crippen LogP contribution in [0, 0.1) is 11.2 Å². The summed E-state index contributed by atoms with van der Waals surface area (Å²) in [5, 5.41) is 0. The van der Waals surface area contributed by atoms with Crippen LogP contribution in [0.4, 0.5) is 4.39 Å². The number of methoxy groups -OCH3 is 2. The first-order valence-corrected chi connectivity index (χ1v) is 14.5. The van der Waals surface area contributed by atoms with E-state index in [4.69, 9.17) is 14.2 Å². The lowest BCUT2D eigenvalue weighted by Gasteiger charge is -2.32. The van der Waals surface area contributed by atoms with E-state index in [1.807, 2.05) is 31.2 Å². The van der Waals surface area contributed by atoms with Gasteiger partial charge in [0.05, 0.1) is 13.2 Å². The van der Waals surface area contributed by atoms with Crippen LogP contribution < -0.4 is 9.47 Å². The van der Waals surface area contributed by atoms with E-state index in [1.54, 1.807) is 38.6 Å². The number of hydrogen-bond acceptors (Lipinski definition) is 5. The number of halogens is 1. The summed E-state index contributed by atoms with van der Waals surface area (Å²) in [6.45, 7) is 9.75. The lowest BCUT2D eigenvalue weighted by Crippen LogP contribution is -2.21. The zero-order chi connectivity index (χ0) is 27.4. The summed E-state index contributed by atoms with van der Waals surface area (Å²) in [4.78, 5) is 14.0. The quantitative estimate of drug-likeness (QED) is 0.280. The Morgan fingerprint density at radius 3 is 2.41 bits per heavy atom. The first-order valence-electron chi connectivity index (χ1n) is 12.2. The summed E-state index contributed by atoms with van der Waals surface area (Å²) in [5.74, 6) is 0.547. The van der Waals surface area contributed by atoms with Crippen molar-refractivity contribution in [2.24, 2.45) is 5.41 Å². The molecule has 3 aromatic rings. The molecule has 1 N–H and O–H groups in total. The fourth-order valence-electron chi connectivity index (χ4n) is 4.53. The molecular weight excluding hydrogens is 492 g/mol. The van der Waals surface area contributed by atoms with E-state index in [2.05, 4.69) is 25.8 Å². The molecule has 2 aromatic carbocycles. The topological polar surface area (TPSA) is 77.9 Å². The molecule has 1 unspecified atom stereocenters. The van der Waals surface area contributed by atoms with Crippen LogP contribution in [-0.4, -0.2) is 36.9 Å². The normalized spacial score (nSPS) is 15.1. The van der Waals surface area contributed by atoms with Crippen molar-refractivity contribution in [1.29, 1.82) is 0 Å². The van der Waals surface area contributed by atoms with Crippen molar-refractivity contribution in [2.45, 2.75) is 46.3 Å². The maximum absolute atomic E-state index is 14.9. The van der Waals surface area contributed by atoms with Gasteiger partial charge >= 0.3 is 0 Å². The third-order valence-electron chi connectivity index (χ3n) is 6.21. The van der Waals surface area contributed by atoms with E-state index in [9.17, 15) is 13.8 Å². The molecule has 0 saturated heterocycles. The molecule has 200 valence electrons. The molecule has 0 aliphatic rings. The molecule has 0 saturated carbocycles. The molecule has 37 heavy (non-hydrogen) atoms. The summed E-state index contributed by atoms with van der Waals surface area (Å²) in [6.07, 6.45) is 1.52. The van der Waals surface area contributed by atoms with Gasteiger partial charge in [-0.2, -0.15) is 0 Å². The van der Waals surface area contributed by atoms with Crippen LogP contribution in [0.15, 0.2) is 54.7 Å². The third-order valence-corrected chi connectivity index (χ3v) is 7.44. The van der Waals surface area contributed by atoms with Gasteiger partial charge < -0.3 is 19.1 Å². The SMILES string of the molecule is COc1ccc(F)c(-c2ccc(COc3cc([C@@H](C)CP(C)(=O)O)ccn3)cc2[C@@H](OC)C(C)(C)C)c1. The van der Waals surface area contributed by atoms with E-state index in [0.717, 1.165) is 22.3 Å². The minimum atomic E-state index is -3.14. The maximum atomic E-state index is 14.9. The molecule has 0 radical (unpaired) electrons. The summed E-state index contributed by atoms with van der Waals surface area (Å²) in [7, 11) is 0.0668. The standard InChI is InChI=1S/C29H37FNO5P/c1-19(18-37(7,32)33)21-12-13-31-27(15-21)36-17-20-8-10-23(24-16-22(34-5)9-11-26(24)30)25(14-20)28(35-6)29(2,3)4/h8-16,19,28H,17-18H2,1-7H3,(H,32,33)/t19-,28+/m0/s1. The number of pyridine rings is 1. The lowest BCUT2D eigenvalue weighted by molar-refractivity contribution is 0.0155. The predicted octanol–water partition coefficient (Wildman–Crippen LogP) is 7.21. The first-order chi connectivity index (χ1) is 17.3. The highest BCUT2D eigenvalue weighted by atomic mass is 31.2. The first kappa shape index (κ1) is 28.8. The summed E-state index contributed by atoms with van der Waals surface area (Å²) in [6, 6.07) is 14.1. The highest BCUT2D eigenvalue weighted by Crippen LogP contribution is 2.43. The van der Waals surface area contributed by atoms with Crippen molar-refractivity contribution in [1.82, 2.24) is 4.98 Å². The number of hydrogen-bond donors (Lipinski definition) is 1. The van der Waals surface area contributed by atoms with E-state index in [0.29, 0.717) is 17.2 Å². The summed E-state index contributed by atoms with van der Waals surface area (Å²) < 4.78 is 44.0. The Morgan fingerprint density at radius 1 is 1.05 bits per heavy atom. The Morgan fingerprint density at radius 2 is 1.78 bits per heavy atom. The monoisotopic (exact) mass is 529 g/mol. The molecule has 0 fully saturated rings. The Hall–Kier alpha value is -2.73. The fourth-order valence-corrected chi connectivity index (χ4v) is 5.76. The van der Waals surface area contributed by atoms with Crippen molar-refractivity contribution in [2.75, 3.05) is 27.0 Å². The molecule has 8 heteroatoms. The number of nitrogens with zero attached hydrogens (tertiary/aromatic N) is 1. The fraction of sp³-hybridized carbons (Fsp3) is 0.414. The number of ether oxygens (including phenoxy) is 3. The van der Waals surface area contributed by atoms with Gasteiger partial charge in [-0.05, 0) is 63.9 Å². The zero-order valence-corrected chi connectivity index (χ0v) is 23.5. The molecule has 0 spiro atoms. The van der Waals surface area contributed by atoms with E-state index < -0.39 is 7.37 Å². The summed E-state index contributed by atoms with van der Waals surface area (Å²) >= 11 is 0. The Balaban J connectivity index is 1.94. The van der Waals surface area contributed by atoms with Crippen molar-refractivity contribution < 1.29 is 28.1 Å². The smallest absolute Gasteiger partial charge is 0.213 e. The minimum Gasteiger partial charge on any atom is -0.497 e. The largest absolute Gasteiger partial charge is 0.497 e. The summed E-state index contributed by atoms with van der Waals surface area (Å²) in [5.41, 5.74) is 3.52. The molecule has 1 heterocycles. The van der Waals surface area contributed by atoms with Crippen molar-refractivity contribution in [3.8, 4) is 22.8 Å². The molecule has 0 amide bonds. The van der Waals surface area contributed by atoms with Crippen LogP contribution in [0.3, 0.4) is 0 Å². The number of aromatic nitrogens is 1. The van der Waals surface area contributed by atoms with Gasteiger partial charge in [-0.3, -0.25) is 4.57 Å². The second kappa shape index (κ2) is 11.8. The van der Waals surface area contributed by atoms with Crippen molar-refractivity contribution >= 4 is 7.37 Å². The number of benzene rings is 2. The average molecular weight is 530 g/mol. The highest BCUT2D eigenvalue weighted by Gasteiger charge is 2.29. The molecule has 0 aliphatic heterocycles. The van der Waals surface area contributed by atoms with Crippen LogP contribution in [0.2, 0.25) is 0 Å². The molecule has 3 atom stereocenters. The van der Waals surface area contributed by atoms with Crippen LogP contribution in [0.25, 0.3) is 11.1 Å². The molecule has 0 aliphatic carbocycles. The Kier molecular flexibility index (Phi) is 9.17. The van der Waals surface area contributed by atoms with Gasteiger partial charge in [-0.25, -0.2) is 9.37 Å². The Labute approximate surface area is 219 Å². The van der Waals surface area contributed by atoms with Crippen molar-refractivity contribution in [3.05, 3.63) is 77.2 Å². The van der Waals surface area contributed by atoms with Gasteiger partial charge in [-0.15, -0.1) is 0 Å². The average Bonchev–Trinajstić information content (AvgIpc) is 2.82. The molecule has 6 nitrogen and oxygen atoms in total. The van der Waals surface area contributed by atoms with Crippen LogP contribution in [0.1, 0.15) is 56.4 Å². The van der Waals surface area contributed by atoms with Crippen LogP contribution >= 0.6 is 7.37 Å². The van der Waals surface area contributed by atoms with Gasteiger partial charge in [0, 0.05) is 37.8 Å². The second-order valence-electron chi connectivity index (χ2n) is 10.6. The van der Waals surface area contributed by atoms with E-state index in [-0.39, 0.29) is 36.0 Å². The highest BCUT2D eigenvalue weighted by molar-refractivity contribution is 7.57. The van der Waals surface area contributed by atoms with Crippen molar-refractivity contribution in [3.63, 3.8) is 0 Å². The van der Waals surface area contributed by atoms with Crippen LogP contribution in [0.5, 0.6) is 11.6 Å². The van der Waals surface area contributed by atoms with Gasteiger partial charge in [0.1, 0.15) is 18.2 Å². The predicted molar refractivity (Wildman–Crippen MR) is 145 cm³/mol. The minimum absolute atomic E-state index is 0.107. The lowest BCUT2D eigenvalue weighted by atomic mass is 9.81. The third kappa shape index (κ3) is 7.64. The van der Waals surface area contributed by atoms with Crippen LogP contribution in [-0.2, 0) is 15.9 Å². The molecule has 1 aromatic heterocycles.